The SMILES string of the molecule is C=CCCC(C(N)=O)N(C)C(=O)c1cc2c(cc1C=O)CN(CC=O)C2.CN1CCC(N=C/C(=C\N)c2ccc(C3c4ccc(O)cc4CCC3c3ccccc3)cc2)CC1. The molecule has 4 aromatic carbocycles. The summed E-state index contributed by atoms with van der Waals surface area (Å²) in [6, 6.07) is 28.5. The van der Waals surface area contributed by atoms with Crippen molar-refractivity contribution in [1.29, 1.82) is 0 Å². The molecule has 0 bridgehead atoms. The molecule has 5 N–H and O–H groups in total. The summed E-state index contributed by atoms with van der Waals surface area (Å²) in [5.74, 6) is -0.0495. The number of phenolic OH excluding ortho intramolecular Hbond substituents is 1. The Hall–Kier alpha value is -6.17. The average Bonchev–Trinajstić information content (AvgIpc) is 3.68. The van der Waals surface area contributed by atoms with Gasteiger partial charge in [0.2, 0.25) is 5.91 Å². The van der Waals surface area contributed by atoms with Crippen molar-refractivity contribution in [3.63, 3.8) is 0 Å². The molecule has 318 valence electrons. The maximum Gasteiger partial charge on any atom is 0.255 e. The first-order valence-corrected chi connectivity index (χ1v) is 21.1. The number of likely N-dealkylation sites (N-methyl/N-ethyl adjacent to an activating group) is 1. The normalized spacial score (nSPS) is 18.6. The van der Waals surface area contributed by atoms with E-state index >= 15 is 0 Å². The molecule has 3 aliphatic rings. The minimum absolute atomic E-state index is 0.235. The lowest BCUT2D eigenvalue weighted by molar-refractivity contribution is -0.122. The molecule has 2 heterocycles. The Morgan fingerprint density at radius 3 is 2.28 bits per heavy atom. The summed E-state index contributed by atoms with van der Waals surface area (Å²) in [6.45, 7) is 7.19. The number of carbonyl (C=O) groups excluding carboxylic acids is 4. The number of rotatable bonds is 14. The van der Waals surface area contributed by atoms with Gasteiger partial charge in [-0.05, 0) is 128 Å². The smallest absolute Gasteiger partial charge is 0.255 e. The summed E-state index contributed by atoms with van der Waals surface area (Å²) in [6.07, 6.45) is 11.9. The van der Waals surface area contributed by atoms with Gasteiger partial charge in [-0.15, -0.1) is 6.58 Å². The zero-order chi connectivity index (χ0) is 43.5. The lowest BCUT2D eigenvalue weighted by Gasteiger charge is -2.35. The van der Waals surface area contributed by atoms with Crippen molar-refractivity contribution in [2.75, 3.05) is 33.7 Å². The standard InChI is InChI=1S/C31H35N3O.C19H23N3O4/c1-34-17-15-27(16-18-34)33-21-26(20-32)22-7-9-24(10-8-22)31-29(23-5-3-2-4-6-23)13-11-25-19-28(35)12-14-30(25)31;1-3-4-5-17(18(20)25)21(2)19(26)16-9-14-11-22(6-7-23)10-13(14)8-15(16)12-24/h2-10,12,14,19-21,27,29,31,35H,11,13,15-18,32H2,1H3;3,7-9,12,17H,1,4-6,10-11H2,2H3,(H2,20,25)/b26-20+,33-21?;. The molecule has 0 spiro atoms. The van der Waals surface area contributed by atoms with E-state index in [0.29, 0.717) is 56.5 Å². The second-order valence-corrected chi connectivity index (χ2v) is 16.3. The van der Waals surface area contributed by atoms with Gasteiger partial charge in [0.25, 0.3) is 5.91 Å². The number of amides is 2. The number of benzene rings is 4. The van der Waals surface area contributed by atoms with E-state index in [2.05, 4.69) is 79.2 Å². The maximum atomic E-state index is 12.9. The van der Waals surface area contributed by atoms with Crippen molar-refractivity contribution in [3.8, 4) is 5.75 Å². The van der Waals surface area contributed by atoms with Crippen LogP contribution in [0.4, 0.5) is 0 Å². The third-order valence-electron chi connectivity index (χ3n) is 12.3. The third-order valence-corrected chi connectivity index (χ3v) is 12.3. The Kier molecular flexibility index (Phi) is 15.2. The zero-order valence-corrected chi connectivity index (χ0v) is 35.3. The quantitative estimate of drug-likeness (QED) is 0.0726. The lowest BCUT2D eigenvalue weighted by atomic mass is 9.69. The van der Waals surface area contributed by atoms with Gasteiger partial charge in [0, 0.05) is 49.6 Å². The number of aliphatic imine (C=N–C) groups is 1. The number of aryl methyl sites for hydroxylation is 1. The summed E-state index contributed by atoms with van der Waals surface area (Å²) < 4.78 is 0. The van der Waals surface area contributed by atoms with Gasteiger partial charge in [-0.1, -0.05) is 66.7 Å². The minimum atomic E-state index is -0.778. The highest BCUT2D eigenvalue weighted by molar-refractivity contribution is 6.09. The van der Waals surface area contributed by atoms with E-state index in [0.717, 1.165) is 67.3 Å². The molecule has 0 saturated carbocycles. The van der Waals surface area contributed by atoms with Crippen LogP contribution in [0.5, 0.6) is 5.75 Å². The van der Waals surface area contributed by atoms with E-state index in [9.17, 15) is 24.3 Å². The highest BCUT2D eigenvalue weighted by Gasteiger charge is 2.33. The summed E-state index contributed by atoms with van der Waals surface area (Å²) in [7, 11) is 3.67. The van der Waals surface area contributed by atoms with Crippen LogP contribution in [0.15, 0.2) is 109 Å². The molecule has 0 aromatic heterocycles. The number of likely N-dealkylation sites (tertiary alicyclic amines) is 1. The molecule has 3 unspecified atom stereocenters. The number of phenols is 1. The van der Waals surface area contributed by atoms with Crippen molar-refractivity contribution >= 4 is 36.2 Å². The number of hydrogen-bond acceptors (Lipinski definition) is 9. The van der Waals surface area contributed by atoms with E-state index in [-0.39, 0.29) is 17.0 Å². The van der Waals surface area contributed by atoms with E-state index in [4.69, 9.17) is 16.5 Å². The highest BCUT2D eigenvalue weighted by Crippen LogP contribution is 2.47. The Morgan fingerprint density at radius 1 is 0.934 bits per heavy atom. The molecule has 11 heteroatoms. The Labute approximate surface area is 359 Å². The number of nitrogens with two attached hydrogens (primary N) is 2. The average molecular weight is 823 g/mol. The van der Waals surface area contributed by atoms with Gasteiger partial charge in [-0.2, -0.15) is 0 Å². The van der Waals surface area contributed by atoms with Crippen LogP contribution < -0.4 is 11.5 Å². The summed E-state index contributed by atoms with van der Waals surface area (Å²) >= 11 is 0. The van der Waals surface area contributed by atoms with Crippen molar-refractivity contribution in [1.82, 2.24) is 14.7 Å². The number of piperidine rings is 1. The summed E-state index contributed by atoms with van der Waals surface area (Å²) in [5.41, 5.74) is 21.0. The molecule has 1 fully saturated rings. The van der Waals surface area contributed by atoms with E-state index in [1.54, 1.807) is 24.4 Å². The predicted octanol–water partition coefficient (Wildman–Crippen LogP) is 6.62. The number of hydrogen-bond donors (Lipinski definition) is 3. The Balaban J connectivity index is 0.000000214. The van der Waals surface area contributed by atoms with Crippen LogP contribution in [0.3, 0.4) is 0 Å². The summed E-state index contributed by atoms with van der Waals surface area (Å²) in [4.78, 5) is 57.2. The van der Waals surface area contributed by atoms with E-state index < -0.39 is 17.9 Å². The number of fused-ring (bicyclic) bond motifs is 2. The molecule has 0 radical (unpaired) electrons. The maximum absolute atomic E-state index is 12.9. The fourth-order valence-corrected chi connectivity index (χ4v) is 8.90. The van der Waals surface area contributed by atoms with Gasteiger partial charge in [0.15, 0.2) is 6.29 Å². The van der Waals surface area contributed by atoms with Gasteiger partial charge >= 0.3 is 0 Å². The Morgan fingerprint density at radius 2 is 1.64 bits per heavy atom. The first-order valence-electron chi connectivity index (χ1n) is 21.1. The van der Waals surface area contributed by atoms with Crippen molar-refractivity contribution in [2.45, 2.75) is 75.5 Å². The van der Waals surface area contributed by atoms with Crippen LogP contribution in [-0.2, 0) is 29.1 Å². The van der Waals surface area contributed by atoms with Gasteiger partial charge in [-0.25, -0.2) is 0 Å². The van der Waals surface area contributed by atoms with E-state index in [1.165, 1.54) is 34.2 Å². The van der Waals surface area contributed by atoms with Crippen LogP contribution >= 0.6 is 0 Å². The molecule has 1 aliphatic carbocycles. The van der Waals surface area contributed by atoms with Crippen molar-refractivity contribution < 1.29 is 24.3 Å². The lowest BCUT2D eigenvalue weighted by Crippen LogP contribution is -2.45. The molecular weight excluding hydrogens is 765 g/mol. The van der Waals surface area contributed by atoms with Crippen LogP contribution in [0.1, 0.15) is 104 Å². The predicted molar refractivity (Wildman–Crippen MR) is 242 cm³/mol. The van der Waals surface area contributed by atoms with Crippen LogP contribution in [0.25, 0.3) is 5.57 Å². The molecule has 2 amide bonds. The molecule has 61 heavy (non-hydrogen) atoms. The number of carbonyl (C=O) groups is 4. The van der Waals surface area contributed by atoms with Gasteiger partial charge < -0.3 is 31.2 Å². The fourth-order valence-electron chi connectivity index (χ4n) is 8.90. The van der Waals surface area contributed by atoms with Gasteiger partial charge in [-0.3, -0.25) is 24.3 Å². The minimum Gasteiger partial charge on any atom is -0.508 e. The molecule has 11 nitrogen and oxygen atoms in total. The molecule has 4 aromatic rings. The van der Waals surface area contributed by atoms with Crippen LogP contribution in [0, 0.1) is 0 Å². The summed E-state index contributed by atoms with van der Waals surface area (Å²) in [5, 5.41) is 10.1. The monoisotopic (exact) mass is 822 g/mol. The second kappa shape index (κ2) is 20.9. The van der Waals surface area contributed by atoms with Crippen molar-refractivity contribution in [2.24, 2.45) is 16.5 Å². The first-order chi connectivity index (χ1) is 29.5. The number of nitrogens with zero attached hydrogens (tertiary/aromatic N) is 4. The molecule has 2 aliphatic heterocycles. The number of primary amides is 1. The first kappa shape index (κ1) is 44.4. The molecule has 3 atom stereocenters. The van der Waals surface area contributed by atoms with Crippen LogP contribution in [0.2, 0.25) is 0 Å². The molecular formula is C50H58N6O5. The molecule has 1 saturated heterocycles. The zero-order valence-electron chi connectivity index (χ0n) is 35.3. The van der Waals surface area contributed by atoms with Crippen molar-refractivity contribution in [3.05, 3.63) is 154 Å². The number of aromatic hydroxyl groups is 1. The largest absolute Gasteiger partial charge is 0.508 e. The van der Waals surface area contributed by atoms with E-state index in [1.807, 2.05) is 23.2 Å². The van der Waals surface area contributed by atoms with Gasteiger partial charge in [0.1, 0.15) is 18.1 Å². The number of aldehydes is 2. The Bertz CT molecular complexity index is 2250. The highest BCUT2D eigenvalue weighted by atomic mass is 16.3. The molecule has 7 rings (SSSR count). The van der Waals surface area contributed by atoms with Crippen LogP contribution in [-0.4, -0.2) is 96.2 Å². The topological polar surface area (TPSA) is 163 Å². The van der Waals surface area contributed by atoms with Gasteiger partial charge in [0.05, 0.1) is 18.2 Å². The number of allylic oxidation sites excluding steroid dienone is 2. The fraction of sp³-hybridized carbons (Fsp3) is 0.340. The third kappa shape index (κ3) is 10.8. The second-order valence-electron chi connectivity index (χ2n) is 16.3.